The fraction of sp³-hybridized carbons (Fsp3) is 0.769. The lowest BCUT2D eigenvalue weighted by molar-refractivity contribution is 0.181. The predicted molar refractivity (Wildman–Crippen MR) is 77.8 cm³/mol. The maximum Gasteiger partial charge on any atom is 0.186 e. The Bertz CT molecular complexity index is 370. The van der Waals surface area contributed by atoms with Gasteiger partial charge in [0.25, 0.3) is 0 Å². The Morgan fingerprint density at radius 1 is 1.37 bits per heavy atom. The third-order valence-electron chi connectivity index (χ3n) is 3.16. The number of rotatable bonds is 9. The van der Waals surface area contributed by atoms with Crippen LogP contribution in [0.25, 0.3) is 0 Å². The van der Waals surface area contributed by atoms with Crippen molar-refractivity contribution in [3.8, 4) is 0 Å². The van der Waals surface area contributed by atoms with Crippen molar-refractivity contribution in [1.82, 2.24) is 10.3 Å². The Hall–Kier alpha value is -0.690. The van der Waals surface area contributed by atoms with Gasteiger partial charge in [0.15, 0.2) is 5.13 Å². The van der Waals surface area contributed by atoms with Crippen molar-refractivity contribution in [1.29, 1.82) is 0 Å². The molecule has 0 aromatic carbocycles. The summed E-state index contributed by atoms with van der Waals surface area (Å²) >= 11 is 1.77. The van der Waals surface area contributed by atoms with Crippen LogP contribution in [0.2, 0.25) is 0 Å². The number of ether oxygens (including phenoxy) is 2. The molecule has 1 fully saturated rings. The number of methoxy groups -OCH3 is 2. The molecule has 5 nitrogen and oxygen atoms in total. The fourth-order valence-corrected chi connectivity index (χ4v) is 3.22. The summed E-state index contributed by atoms with van der Waals surface area (Å²) < 4.78 is 10.4. The third-order valence-corrected chi connectivity index (χ3v) is 4.29. The van der Waals surface area contributed by atoms with Crippen LogP contribution >= 0.6 is 11.3 Å². The molecule has 6 heteroatoms. The van der Waals surface area contributed by atoms with Gasteiger partial charge in [0, 0.05) is 38.2 Å². The van der Waals surface area contributed by atoms with Crippen molar-refractivity contribution in [2.24, 2.45) is 0 Å². The topological polar surface area (TPSA) is 46.6 Å². The number of nitrogens with one attached hydrogen (secondary N) is 1. The Morgan fingerprint density at radius 3 is 2.74 bits per heavy atom. The van der Waals surface area contributed by atoms with Crippen molar-refractivity contribution in [2.45, 2.75) is 32.0 Å². The minimum absolute atomic E-state index is 0.580. The number of thiazole rings is 1. The highest BCUT2D eigenvalue weighted by Gasteiger charge is 2.31. The van der Waals surface area contributed by atoms with Gasteiger partial charge in [-0.3, -0.25) is 0 Å². The highest BCUT2D eigenvalue weighted by atomic mass is 32.1. The number of hydrogen-bond acceptors (Lipinski definition) is 6. The number of hydrogen-bond donors (Lipinski definition) is 1. The van der Waals surface area contributed by atoms with Crippen molar-refractivity contribution in [3.05, 3.63) is 10.6 Å². The van der Waals surface area contributed by atoms with Gasteiger partial charge in [0.1, 0.15) is 0 Å². The van der Waals surface area contributed by atoms with E-state index in [-0.39, 0.29) is 0 Å². The number of anilines is 1. The Labute approximate surface area is 118 Å². The first-order chi connectivity index (χ1) is 9.30. The molecule has 0 amide bonds. The zero-order valence-electron chi connectivity index (χ0n) is 11.9. The molecule has 0 unspecified atom stereocenters. The molecule has 1 aliphatic carbocycles. The summed E-state index contributed by atoms with van der Waals surface area (Å²) in [5.41, 5.74) is 1.06. The Kier molecular flexibility index (Phi) is 5.57. The Morgan fingerprint density at radius 2 is 2.16 bits per heavy atom. The highest BCUT2D eigenvalue weighted by Crippen LogP contribution is 2.35. The molecule has 0 atom stereocenters. The normalized spacial score (nSPS) is 14.9. The molecule has 1 heterocycles. The average molecular weight is 285 g/mol. The SMILES string of the molecule is CNCc1sc(N(CCOC)C2CC2)nc1COC. The minimum Gasteiger partial charge on any atom is -0.383 e. The van der Waals surface area contributed by atoms with Crippen molar-refractivity contribution < 1.29 is 9.47 Å². The van der Waals surface area contributed by atoms with Gasteiger partial charge in [-0.05, 0) is 19.9 Å². The Balaban J connectivity index is 2.13. The van der Waals surface area contributed by atoms with Gasteiger partial charge in [-0.1, -0.05) is 0 Å². The standard InChI is InChI=1S/C13H23N3O2S/c1-14-8-12-11(9-18-3)15-13(19-12)16(6-7-17-2)10-4-5-10/h10,14H,4-9H2,1-3H3. The molecule has 1 aromatic rings. The predicted octanol–water partition coefficient (Wildman–Crippen LogP) is 1.62. The zero-order chi connectivity index (χ0) is 13.7. The van der Waals surface area contributed by atoms with E-state index in [1.54, 1.807) is 25.6 Å². The lowest BCUT2D eigenvalue weighted by atomic mass is 10.4. The molecule has 2 rings (SSSR count). The van der Waals surface area contributed by atoms with Crippen LogP contribution in [0.4, 0.5) is 5.13 Å². The van der Waals surface area contributed by atoms with Crippen LogP contribution in [0.15, 0.2) is 0 Å². The molecule has 1 N–H and O–H groups in total. The van der Waals surface area contributed by atoms with Crippen LogP contribution in [0.3, 0.4) is 0 Å². The van der Waals surface area contributed by atoms with Crippen molar-refractivity contribution in [2.75, 3.05) is 39.3 Å². The van der Waals surface area contributed by atoms with Crippen LogP contribution in [0.5, 0.6) is 0 Å². The molecule has 1 saturated carbocycles. The van der Waals surface area contributed by atoms with Gasteiger partial charge in [-0.15, -0.1) is 11.3 Å². The summed E-state index contributed by atoms with van der Waals surface area (Å²) in [4.78, 5) is 8.40. The molecule has 0 spiro atoms. The number of aromatic nitrogens is 1. The van der Waals surface area contributed by atoms with E-state index in [9.17, 15) is 0 Å². The van der Waals surface area contributed by atoms with E-state index in [0.29, 0.717) is 12.6 Å². The van der Waals surface area contributed by atoms with E-state index in [1.807, 2.05) is 7.05 Å². The van der Waals surface area contributed by atoms with E-state index >= 15 is 0 Å². The first-order valence-electron chi connectivity index (χ1n) is 6.67. The second-order valence-electron chi connectivity index (χ2n) is 4.75. The van der Waals surface area contributed by atoms with E-state index < -0.39 is 0 Å². The summed E-state index contributed by atoms with van der Waals surface area (Å²) in [5, 5.41) is 4.30. The monoisotopic (exact) mass is 285 g/mol. The molecule has 1 aliphatic rings. The molecular formula is C13H23N3O2S. The lowest BCUT2D eigenvalue weighted by Crippen LogP contribution is -2.29. The molecule has 108 valence electrons. The minimum atomic E-state index is 0.580. The van der Waals surface area contributed by atoms with Crippen molar-refractivity contribution >= 4 is 16.5 Å². The smallest absolute Gasteiger partial charge is 0.186 e. The maximum atomic E-state index is 5.24. The van der Waals surface area contributed by atoms with E-state index in [1.165, 1.54) is 17.7 Å². The van der Waals surface area contributed by atoms with E-state index in [4.69, 9.17) is 14.5 Å². The van der Waals surface area contributed by atoms with Crippen molar-refractivity contribution in [3.63, 3.8) is 0 Å². The summed E-state index contributed by atoms with van der Waals surface area (Å²) in [6, 6.07) is 0.652. The average Bonchev–Trinajstić information content (AvgIpc) is 3.16. The number of nitrogens with zero attached hydrogens (tertiary/aromatic N) is 2. The first-order valence-corrected chi connectivity index (χ1v) is 7.49. The van der Waals surface area contributed by atoms with Gasteiger partial charge >= 0.3 is 0 Å². The van der Waals surface area contributed by atoms with Crippen LogP contribution in [-0.2, 0) is 22.6 Å². The molecule has 1 aromatic heterocycles. The third kappa shape index (κ3) is 3.89. The maximum absolute atomic E-state index is 5.24. The van der Waals surface area contributed by atoms with Crippen LogP contribution in [0.1, 0.15) is 23.4 Å². The summed E-state index contributed by atoms with van der Waals surface area (Å²) in [5.74, 6) is 0. The highest BCUT2D eigenvalue weighted by molar-refractivity contribution is 7.15. The first kappa shape index (κ1) is 14.7. The van der Waals surface area contributed by atoms with Gasteiger partial charge in [0.05, 0.1) is 18.9 Å². The second-order valence-corrected chi connectivity index (χ2v) is 5.81. The fourth-order valence-electron chi connectivity index (χ4n) is 2.05. The van der Waals surface area contributed by atoms with Crippen LogP contribution in [-0.4, -0.2) is 45.4 Å². The molecular weight excluding hydrogens is 262 g/mol. The summed E-state index contributed by atoms with van der Waals surface area (Å²) in [6.07, 6.45) is 2.54. The van der Waals surface area contributed by atoms with Gasteiger partial charge < -0.3 is 19.7 Å². The second kappa shape index (κ2) is 7.19. The summed E-state index contributed by atoms with van der Waals surface area (Å²) in [7, 11) is 5.42. The van der Waals surface area contributed by atoms with E-state index in [0.717, 1.165) is 30.5 Å². The zero-order valence-corrected chi connectivity index (χ0v) is 12.8. The van der Waals surface area contributed by atoms with E-state index in [2.05, 4.69) is 10.2 Å². The molecule has 0 radical (unpaired) electrons. The van der Waals surface area contributed by atoms with Gasteiger partial charge in [-0.25, -0.2) is 4.98 Å². The molecule has 0 aliphatic heterocycles. The van der Waals surface area contributed by atoms with Gasteiger partial charge in [-0.2, -0.15) is 0 Å². The van der Waals surface area contributed by atoms with Gasteiger partial charge in [0.2, 0.25) is 0 Å². The quantitative estimate of drug-likeness (QED) is 0.747. The lowest BCUT2D eigenvalue weighted by Gasteiger charge is -2.20. The summed E-state index contributed by atoms with van der Waals surface area (Å²) in [6.45, 7) is 3.09. The molecule has 0 bridgehead atoms. The molecule has 0 saturated heterocycles. The molecule has 19 heavy (non-hydrogen) atoms. The van der Waals surface area contributed by atoms with Crippen LogP contribution < -0.4 is 10.2 Å². The van der Waals surface area contributed by atoms with Crippen LogP contribution in [0, 0.1) is 0 Å². The largest absolute Gasteiger partial charge is 0.383 e.